The second kappa shape index (κ2) is 6.33. The highest BCUT2D eigenvalue weighted by molar-refractivity contribution is 5.74. The van der Waals surface area contributed by atoms with Crippen LogP contribution < -0.4 is 21.7 Å². The molecule has 1 aliphatic heterocycles. The Morgan fingerprint density at radius 2 is 2.10 bits per heavy atom. The van der Waals surface area contributed by atoms with Crippen LogP contribution in [0.15, 0.2) is 0 Å². The summed E-state index contributed by atoms with van der Waals surface area (Å²) < 4.78 is 5.28. The third-order valence-corrected chi connectivity index (χ3v) is 2.82. The van der Waals surface area contributed by atoms with E-state index in [9.17, 15) is 4.79 Å². The lowest BCUT2D eigenvalue weighted by Gasteiger charge is -2.27. The van der Waals surface area contributed by atoms with Gasteiger partial charge in [0.1, 0.15) is 0 Å². The summed E-state index contributed by atoms with van der Waals surface area (Å²) in [5, 5.41) is 2.99. The van der Waals surface area contributed by atoms with E-state index in [0.717, 1.165) is 0 Å². The SMILES string of the molecule is CC(CC(N)=O)Nc1nc(N)nc(N2CCOCC2)n1. The van der Waals surface area contributed by atoms with E-state index in [4.69, 9.17) is 16.2 Å². The van der Waals surface area contributed by atoms with Crippen LogP contribution in [0.1, 0.15) is 13.3 Å². The van der Waals surface area contributed by atoms with Crippen molar-refractivity contribution < 1.29 is 9.53 Å². The number of nitrogens with zero attached hydrogens (tertiary/aromatic N) is 4. The van der Waals surface area contributed by atoms with Crippen LogP contribution in [0.3, 0.4) is 0 Å². The number of hydrogen-bond donors (Lipinski definition) is 3. The Bertz CT molecular complexity index is 476. The molecule has 2 rings (SSSR count). The van der Waals surface area contributed by atoms with Crippen molar-refractivity contribution in [3.63, 3.8) is 0 Å². The normalized spacial score (nSPS) is 16.8. The van der Waals surface area contributed by atoms with Crippen LogP contribution in [-0.4, -0.2) is 53.2 Å². The Morgan fingerprint density at radius 1 is 1.40 bits per heavy atom. The second-order valence-corrected chi connectivity index (χ2v) is 4.63. The Balaban J connectivity index is 2.09. The maximum atomic E-state index is 10.9. The number of amides is 1. The molecule has 1 aromatic heterocycles. The largest absolute Gasteiger partial charge is 0.378 e. The number of nitrogen functional groups attached to an aromatic ring is 1. The average molecular weight is 281 g/mol. The quantitative estimate of drug-likeness (QED) is 0.624. The third-order valence-electron chi connectivity index (χ3n) is 2.82. The number of rotatable bonds is 5. The highest BCUT2D eigenvalue weighted by Gasteiger charge is 2.16. The topological polar surface area (TPSA) is 132 Å². The molecule has 110 valence electrons. The van der Waals surface area contributed by atoms with Crippen LogP contribution in [0.2, 0.25) is 0 Å². The zero-order valence-electron chi connectivity index (χ0n) is 11.4. The van der Waals surface area contributed by atoms with E-state index in [-0.39, 0.29) is 24.3 Å². The molecule has 1 amide bonds. The van der Waals surface area contributed by atoms with Gasteiger partial charge in [-0.3, -0.25) is 4.79 Å². The van der Waals surface area contributed by atoms with Crippen molar-refractivity contribution in [3.8, 4) is 0 Å². The van der Waals surface area contributed by atoms with Gasteiger partial charge in [0, 0.05) is 25.6 Å². The minimum atomic E-state index is -0.388. The maximum absolute atomic E-state index is 10.9. The number of nitrogens with one attached hydrogen (secondary N) is 1. The molecule has 2 heterocycles. The molecule has 1 aromatic rings. The molecule has 1 atom stereocenters. The Kier molecular flexibility index (Phi) is 4.51. The predicted octanol–water partition coefficient (Wildman–Crippen LogP) is -1.03. The molecule has 0 aliphatic carbocycles. The first-order valence-electron chi connectivity index (χ1n) is 6.43. The number of hydrogen-bond acceptors (Lipinski definition) is 8. The minimum absolute atomic E-state index is 0.135. The number of morpholine rings is 1. The number of anilines is 3. The van der Waals surface area contributed by atoms with E-state index in [1.807, 2.05) is 11.8 Å². The molecular formula is C11H19N7O2. The summed E-state index contributed by atoms with van der Waals surface area (Å²) in [7, 11) is 0. The minimum Gasteiger partial charge on any atom is -0.378 e. The monoisotopic (exact) mass is 281 g/mol. The number of nitrogens with two attached hydrogens (primary N) is 2. The highest BCUT2D eigenvalue weighted by atomic mass is 16.5. The number of carbonyl (C=O) groups is 1. The molecule has 1 saturated heterocycles. The molecule has 9 heteroatoms. The van der Waals surface area contributed by atoms with Crippen molar-refractivity contribution in [2.75, 3.05) is 42.3 Å². The number of carbonyl (C=O) groups excluding carboxylic acids is 1. The molecule has 0 bridgehead atoms. The average Bonchev–Trinajstić information content (AvgIpc) is 2.38. The molecule has 9 nitrogen and oxygen atoms in total. The zero-order valence-corrected chi connectivity index (χ0v) is 11.4. The van der Waals surface area contributed by atoms with Gasteiger partial charge in [0.2, 0.25) is 23.8 Å². The van der Waals surface area contributed by atoms with Crippen LogP contribution >= 0.6 is 0 Å². The molecule has 0 radical (unpaired) electrons. The molecule has 5 N–H and O–H groups in total. The highest BCUT2D eigenvalue weighted by Crippen LogP contribution is 2.14. The summed E-state index contributed by atoms with van der Waals surface area (Å²) in [6.45, 7) is 4.50. The third kappa shape index (κ3) is 3.92. The van der Waals surface area contributed by atoms with Gasteiger partial charge in [-0.15, -0.1) is 0 Å². The summed E-state index contributed by atoms with van der Waals surface area (Å²) in [6.07, 6.45) is 0.193. The number of aromatic nitrogens is 3. The van der Waals surface area contributed by atoms with Crippen molar-refractivity contribution in [3.05, 3.63) is 0 Å². The van der Waals surface area contributed by atoms with Crippen LogP contribution in [0.5, 0.6) is 0 Å². The first-order chi connectivity index (χ1) is 9.54. The van der Waals surface area contributed by atoms with Gasteiger partial charge in [0.15, 0.2) is 0 Å². The fraction of sp³-hybridized carbons (Fsp3) is 0.636. The Morgan fingerprint density at radius 3 is 2.75 bits per heavy atom. The molecule has 0 aromatic carbocycles. The smallest absolute Gasteiger partial charge is 0.232 e. The van der Waals surface area contributed by atoms with Gasteiger partial charge in [-0.05, 0) is 6.92 Å². The predicted molar refractivity (Wildman–Crippen MR) is 74.2 cm³/mol. The summed E-state index contributed by atoms with van der Waals surface area (Å²) in [5.41, 5.74) is 10.8. The van der Waals surface area contributed by atoms with Crippen molar-refractivity contribution in [1.29, 1.82) is 0 Å². The van der Waals surface area contributed by atoms with E-state index in [1.165, 1.54) is 0 Å². The first-order valence-corrected chi connectivity index (χ1v) is 6.43. The van der Waals surface area contributed by atoms with Crippen LogP contribution in [0, 0.1) is 0 Å². The Hall–Kier alpha value is -2.16. The first kappa shape index (κ1) is 14.3. The van der Waals surface area contributed by atoms with Gasteiger partial charge >= 0.3 is 0 Å². The van der Waals surface area contributed by atoms with Crippen LogP contribution in [-0.2, 0) is 9.53 Å². The lowest BCUT2D eigenvalue weighted by Crippen LogP contribution is -2.37. The van der Waals surface area contributed by atoms with Gasteiger partial charge in [0.25, 0.3) is 0 Å². The second-order valence-electron chi connectivity index (χ2n) is 4.63. The summed E-state index contributed by atoms with van der Waals surface area (Å²) in [6, 6.07) is -0.174. The number of ether oxygens (including phenoxy) is 1. The molecule has 0 saturated carbocycles. The van der Waals surface area contributed by atoms with E-state index in [0.29, 0.717) is 38.2 Å². The van der Waals surface area contributed by atoms with E-state index < -0.39 is 0 Å². The molecule has 0 spiro atoms. The fourth-order valence-electron chi connectivity index (χ4n) is 1.92. The van der Waals surface area contributed by atoms with Crippen molar-refractivity contribution >= 4 is 23.8 Å². The molecule has 1 aliphatic rings. The fourth-order valence-corrected chi connectivity index (χ4v) is 1.92. The van der Waals surface area contributed by atoms with Gasteiger partial charge in [-0.25, -0.2) is 0 Å². The van der Waals surface area contributed by atoms with Crippen LogP contribution in [0.25, 0.3) is 0 Å². The summed E-state index contributed by atoms with van der Waals surface area (Å²) in [4.78, 5) is 25.3. The Labute approximate surface area is 116 Å². The lowest BCUT2D eigenvalue weighted by molar-refractivity contribution is -0.118. The van der Waals surface area contributed by atoms with Gasteiger partial charge < -0.3 is 26.4 Å². The van der Waals surface area contributed by atoms with Gasteiger partial charge in [0.05, 0.1) is 13.2 Å². The van der Waals surface area contributed by atoms with E-state index in [2.05, 4.69) is 20.3 Å². The lowest BCUT2D eigenvalue weighted by atomic mass is 10.2. The maximum Gasteiger partial charge on any atom is 0.232 e. The van der Waals surface area contributed by atoms with E-state index >= 15 is 0 Å². The summed E-state index contributed by atoms with van der Waals surface area (Å²) >= 11 is 0. The van der Waals surface area contributed by atoms with Crippen molar-refractivity contribution in [1.82, 2.24) is 15.0 Å². The van der Waals surface area contributed by atoms with Crippen molar-refractivity contribution in [2.24, 2.45) is 5.73 Å². The number of primary amides is 1. The van der Waals surface area contributed by atoms with Crippen LogP contribution in [0.4, 0.5) is 17.8 Å². The molecule has 1 fully saturated rings. The standard InChI is InChI=1S/C11H19N7O2/c1-7(6-8(12)19)14-10-15-9(13)16-11(17-10)18-2-4-20-5-3-18/h7H,2-6H2,1H3,(H2,12,19)(H3,13,14,15,16,17). The zero-order chi connectivity index (χ0) is 14.5. The molecular weight excluding hydrogens is 262 g/mol. The molecule has 20 heavy (non-hydrogen) atoms. The van der Waals surface area contributed by atoms with E-state index in [1.54, 1.807) is 0 Å². The molecule has 1 unspecified atom stereocenters. The van der Waals surface area contributed by atoms with Crippen molar-refractivity contribution in [2.45, 2.75) is 19.4 Å². The van der Waals surface area contributed by atoms with Gasteiger partial charge in [-0.1, -0.05) is 0 Å². The van der Waals surface area contributed by atoms with Gasteiger partial charge in [-0.2, -0.15) is 15.0 Å². The summed E-state index contributed by atoms with van der Waals surface area (Å²) in [5.74, 6) is 0.595.